The second kappa shape index (κ2) is 5.20. The molecule has 1 amide bonds. The van der Waals surface area contributed by atoms with Gasteiger partial charge in [-0.25, -0.2) is 4.98 Å². The van der Waals surface area contributed by atoms with Gasteiger partial charge in [0, 0.05) is 12.2 Å². The number of carbonyl (C=O) groups is 1. The normalized spacial score (nSPS) is 13.1. The molecule has 0 saturated carbocycles. The van der Waals surface area contributed by atoms with E-state index < -0.39 is 5.91 Å². The summed E-state index contributed by atoms with van der Waals surface area (Å²) in [5.41, 5.74) is 11.1. The first kappa shape index (κ1) is 14.2. The zero-order valence-electron chi connectivity index (χ0n) is 11.3. The number of amides is 1. The zero-order valence-corrected chi connectivity index (χ0v) is 11.3. The summed E-state index contributed by atoms with van der Waals surface area (Å²) in [6.45, 7) is 8.41. The Labute approximate surface area is 107 Å². The number of nitrogens with one attached hydrogen (secondary N) is 1. The van der Waals surface area contributed by atoms with E-state index in [0.717, 1.165) is 6.42 Å². The van der Waals surface area contributed by atoms with Crippen molar-refractivity contribution >= 4 is 17.7 Å². The largest absolute Gasteiger partial charge is 0.368 e. The molecule has 1 aromatic rings. The van der Waals surface area contributed by atoms with E-state index in [1.165, 1.54) is 6.20 Å². The summed E-state index contributed by atoms with van der Waals surface area (Å²) in [5, 5.41) is 3.23. The molecule has 0 spiro atoms. The van der Waals surface area contributed by atoms with Crippen LogP contribution in [0.15, 0.2) is 6.20 Å². The first-order valence-corrected chi connectivity index (χ1v) is 5.94. The van der Waals surface area contributed by atoms with Crippen LogP contribution >= 0.6 is 0 Å². The summed E-state index contributed by atoms with van der Waals surface area (Å²) in [5.74, 6) is -0.0516. The van der Waals surface area contributed by atoms with Crippen molar-refractivity contribution in [3.63, 3.8) is 0 Å². The molecule has 0 aliphatic carbocycles. The Kier molecular flexibility index (Phi) is 4.11. The van der Waals surface area contributed by atoms with Gasteiger partial charge in [-0.2, -0.15) is 4.98 Å². The lowest BCUT2D eigenvalue weighted by Gasteiger charge is -2.31. The topological polar surface area (TPSA) is 107 Å². The summed E-state index contributed by atoms with van der Waals surface area (Å²) >= 11 is 0. The van der Waals surface area contributed by atoms with Gasteiger partial charge < -0.3 is 16.8 Å². The first-order valence-electron chi connectivity index (χ1n) is 5.94. The number of carbonyl (C=O) groups excluding carboxylic acids is 1. The molecule has 0 aromatic carbocycles. The van der Waals surface area contributed by atoms with E-state index in [1.54, 1.807) is 0 Å². The fraction of sp³-hybridized carbons (Fsp3) is 0.583. The maximum atomic E-state index is 11.3. The van der Waals surface area contributed by atoms with Crippen molar-refractivity contribution in [2.24, 2.45) is 11.1 Å². The number of rotatable bonds is 4. The van der Waals surface area contributed by atoms with Crippen LogP contribution in [0.4, 0.5) is 11.8 Å². The third-order valence-electron chi connectivity index (χ3n) is 2.84. The first-order chi connectivity index (χ1) is 8.25. The summed E-state index contributed by atoms with van der Waals surface area (Å²) in [7, 11) is 0. The van der Waals surface area contributed by atoms with Gasteiger partial charge in [0.05, 0.1) is 5.56 Å². The van der Waals surface area contributed by atoms with Gasteiger partial charge in [0.25, 0.3) is 5.91 Å². The molecule has 18 heavy (non-hydrogen) atoms. The summed E-state index contributed by atoms with van der Waals surface area (Å²) in [4.78, 5) is 19.1. The smallest absolute Gasteiger partial charge is 0.254 e. The van der Waals surface area contributed by atoms with Crippen LogP contribution in [0.25, 0.3) is 0 Å². The maximum absolute atomic E-state index is 11.3. The predicted octanol–water partition coefficient (Wildman–Crippen LogP) is 1.39. The number of nitrogens with two attached hydrogens (primary N) is 2. The van der Waals surface area contributed by atoms with Crippen molar-refractivity contribution in [1.29, 1.82) is 0 Å². The second-order valence-corrected chi connectivity index (χ2v) is 5.33. The predicted molar refractivity (Wildman–Crippen MR) is 72.1 cm³/mol. The number of primary amides is 1. The fourth-order valence-corrected chi connectivity index (χ4v) is 1.78. The highest BCUT2D eigenvalue weighted by Crippen LogP contribution is 2.26. The van der Waals surface area contributed by atoms with E-state index in [9.17, 15) is 4.79 Å². The second-order valence-electron chi connectivity index (χ2n) is 5.33. The van der Waals surface area contributed by atoms with Gasteiger partial charge in [0.1, 0.15) is 5.82 Å². The molecule has 100 valence electrons. The number of nitrogens with zero attached hydrogens (tertiary/aromatic N) is 2. The average molecular weight is 251 g/mol. The van der Waals surface area contributed by atoms with Crippen molar-refractivity contribution in [3.05, 3.63) is 11.8 Å². The molecule has 0 fully saturated rings. The highest BCUT2D eigenvalue weighted by molar-refractivity contribution is 5.97. The number of nitrogen functional groups attached to an aromatic ring is 1. The summed E-state index contributed by atoms with van der Waals surface area (Å²) in [6.07, 6.45) is 2.24. The lowest BCUT2D eigenvalue weighted by molar-refractivity contribution is 0.100. The average Bonchev–Trinajstić information content (AvgIpc) is 2.23. The van der Waals surface area contributed by atoms with Crippen LogP contribution in [-0.2, 0) is 0 Å². The minimum Gasteiger partial charge on any atom is -0.368 e. The lowest BCUT2D eigenvalue weighted by Crippen LogP contribution is -2.34. The molecule has 6 nitrogen and oxygen atoms in total. The van der Waals surface area contributed by atoms with Crippen molar-refractivity contribution in [1.82, 2.24) is 9.97 Å². The number of hydrogen-bond donors (Lipinski definition) is 3. The molecule has 0 radical (unpaired) electrons. The van der Waals surface area contributed by atoms with Gasteiger partial charge in [-0.3, -0.25) is 4.79 Å². The molecule has 1 heterocycles. The monoisotopic (exact) mass is 251 g/mol. The third-order valence-corrected chi connectivity index (χ3v) is 2.84. The molecule has 1 aromatic heterocycles. The van der Waals surface area contributed by atoms with E-state index in [2.05, 4.69) is 43.0 Å². The quantitative estimate of drug-likeness (QED) is 0.749. The molecule has 0 aliphatic heterocycles. The number of anilines is 2. The van der Waals surface area contributed by atoms with Gasteiger partial charge in [-0.15, -0.1) is 0 Å². The number of aromatic nitrogens is 2. The van der Waals surface area contributed by atoms with Crippen LogP contribution in [-0.4, -0.2) is 21.9 Å². The molecule has 1 atom stereocenters. The van der Waals surface area contributed by atoms with E-state index >= 15 is 0 Å². The van der Waals surface area contributed by atoms with E-state index in [-0.39, 0.29) is 23.0 Å². The van der Waals surface area contributed by atoms with Crippen LogP contribution in [0, 0.1) is 5.41 Å². The van der Waals surface area contributed by atoms with Crippen molar-refractivity contribution < 1.29 is 4.79 Å². The minimum atomic E-state index is -0.568. The van der Waals surface area contributed by atoms with Gasteiger partial charge in [0.2, 0.25) is 5.95 Å². The summed E-state index contributed by atoms with van der Waals surface area (Å²) in [6, 6.07) is 0.157. The van der Waals surface area contributed by atoms with E-state index in [4.69, 9.17) is 11.5 Å². The molecule has 1 unspecified atom stereocenters. The lowest BCUT2D eigenvalue weighted by atomic mass is 9.85. The third kappa shape index (κ3) is 3.32. The molecular weight excluding hydrogens is 230 g/mol. The molecule has 5 N–H and O–H groups in total. The van der Waals surface area contributed by atoms with Crippen molar-refractivity contribution in [2.45, 2.75) is 40.2 Å². The van der Waals surface area contributed by atoms with Crippen molar-refractivity contribution in [2.75, 3.05) is 11.1 Å². The van der Waals surface area contributed by atoms with Crippen LogP contribution in [0.1, 0.15) is 44.5 Å². The zero-order chi connectivity index (χ0) is 13.9. The van der Waals surface area contributed by atoms with Crippen molar-refractivity contribution in [3.8, 4) is 0 Å². The molecule has 6 heteroatoms. The molecule has 0 saturated heterocycles. The Hall–Kier alpha value is -1.85. The Balaban J connectivity index is 3.09. The standard InChI is InChI=1S/C12H21N5O/c1-5-8(12(2,3)4)16-10-7(9(13)18)6-15-11(14)17-10/h6,8H,5H2,1-4H3,(H2,13,18)(H3,14,15,16,17). The van der Waals surface area contributed by atoms with Crippen LogP contribution in [0.5, 0.6) is 0 Å². The Morgan fingerprint density at radius 3 is 2.56 bits per heavy atom. The SMILES string of the molecule is CCC(Nc1nc(N)ncc1C(N)=O)C(C)(C)C. The van der Waals surface area contributed by atoms with Crippen LogP contribution < -0.4 is 16.8 Å². The maximum Gasteiger partial charge on any atom is 0.254 e. The minimum absolute atomic E-state index is 0.0311. The highest BCUT2D eigenvalue weighted by Gasteiger charge is 2.24. The van der Waals surface area contributed by atoms with Crippen LogP contribution in [0.2, 0.25) is 0 Å². The Morgan fingerprint density at radius 1 is 1.50 bits per heavy atom. The van der Waals surface area contributed by atoms with Crippen LogP contribution in [0.3, 0.4) is 0 Å². The summed E-state index contributed by atoms with van der Waals surface area (Å²) < 4.78 is 0. The van der Waals surface area contributed by atoms with E-state index in [0.29, 0.717) is 5.82 Å². The molecule has 0 aliphatic rings. The van der Waals surface area contributed by atoms with E-state index in [1.807, 2.05) is 0 Å². The van der Waals surface area contributed by atoms with Gasteiger partial charge in [0.15, 0.2) is 0 Å². The Bertz CT molecular complexity index is 439. The number of hydrogen-bond acceptors (Lipinski definition) is 5. The molecule has 0 bridgehead atoms. The molecular formula is C12H21N5O. The fourth-order valence-electron chi connectivity index (χ4n) is 1.78. The molecule has 1 rings (SSSR count). The van der Waals surface area contributed by atoms with Gasteiger partial charge in [-0.1, -0.05) is 27.7 Å². The van der Waals surface area contributed by atoms with Gasteiger partial charge in [-0.05, 0) is 11.8 Å². The highest BCUT2D eigenvalue weighted by atomic mass is 16.1. The Morgan fingerprint density at radius 2 is 2.11 bits per heavy atom. The van der Waals surface area contributed by atoms with Gasteiger partial charge >= 0.3 is 0 Å².